The van der Waals surface area contributed by atoms with E-state index in [2.05, 4.69) is 15.9 Å². The first-order valence-electron chi connectivity index (χ1n) is 6.32. The first kappa shape index (κ1) is 15.0. The van der Waals surface area contributed by atoms with Crippen LogP contribution in [0.5, 0.6) is 5.75 Å². The molecule has 1 atom stereocenters. The van der Waals surface area contributed by atoms with Crippen molar-refractivity contribution in [2.75, 3.05) is 13.7 Å². The molecule has 0 aliphatic carbocycles. The number of hydrogen-bond donors (Lipinski definition) is 1. The molecule has 0 saturated carbocycles. The highest BCUT2D eigenvalue weighted by Gasteiger charge is 2.13. The minimum Gasteiger partial charge on any atom is -0.494 e. The summed E-state index contributed by atoms with van der Waals surface area (Å²) >= 11 is 3.38. The second-order valence-corrected chi connectivity index (χ2v) is 5.52. The zero-order chi connectivity index (χ0) is 14.5. The average molecular weight is 339 g/mol. The van der Waals surface area contributed by atoms with Crippen molar-refractivity contribution in [1.29, 1.82) is 0 Å². The predicted octanol–water partition coefficient (Wildman–Crippen LogP) is 3.92. The van der Waals surface area contributed by atoms with Crippen molar-refractivity contribution in [2.45, 2.75) is 12.3 Å². The van der Waals surface area contributed by atoms with Crippen molar-refractivity contribution in [3.8, 4) is 5.75 Å². The van der Waals surface area contributed by atoms with Gasteiger partial charge in [0.05, 0.1) is 13.7 Å². The van der Waals surface area contributed by atoms with Crippen molar-refractivity contribution in [3.63, 3.8) is 0 Å². The van der Waals surface area contributed by atoms with Crippen LogP contribution in [0.2, 0.25) is 0 Å². The fourth-order valence-corrected chi connectivity index (χ4v) is 2.41. The number of benzene rings is 2. The monoisotopic (exact) mass is 338 g/mol. The maximum Gasteiger partial charge on any atom is 0.165 e. The van der Waals surface area contributed by atoms with Gasteiger partial charge in [0.1, 0.15) is 0 Å². The Labute approximate surface area is 126 Å². The van der Waals surface area contributed by atoms with Crippen LogP contribution in [0, 0.1) is 5.82 Å². The topological polar surface area (TPSA) is 29.5 Å². The van der Waals surface area contributed by atoms with Gasteiger partial charge in [-0.2, -0.15) is 0 Å². The van der Waals surface area contributed by atoms with Crippen LogP contribution >= 0.6 is 15.9 Å². The smallest absolute Gasteiger partial charge is 0.165 e. The van der Waals surface area contributed by atoms with Gasteiger partial charge in [0, 0.05) is 10.4 Å². The molecular formula is C16H16BrFO2. The van der Waals surface area contributed by atoms with Gasteiger partial charge in [-0.05, 0) is 41.8 Å². The lowest BCUT2D eigenvalue weighted by Crippen LogP contribution is -2.08. The molecular weight excluding hydrogens is 323 g/mol. The number of rotatable bonds is 5. The molecule has 0 spiro atoms. The normalized spacial score (nSPS) is 12.2. The first-order chi connectivity index (χ1) is 9.63. The molecule has 0 heterocycles. The van der Waals surface area contributed by atoms with Crippen LogP contribution in [-0.4, -0.2) is 18.8 Å². The predicted molar refractivity (Wildman–Crippen MR) is 80.6 cm³/mol. The van der Waals surface area contributed by atoms with Gasteiger partial charge in [-0.15, -0.1) is 0 Å². The van der Waals surface area contributed by atoms with E-state index in [1.165, 1.54) is 13.2 Å². The van der Waals surface area contributed by atoms with Crippen LogP contribution in [0.3, 0.4) is 0 Å². The average Bonchev–Trinajstić information content (AvgIpc) is 2.46. The van der Waals surface area contributed by atoms with E-state index in [1.54, 1.807) is 6.07 Å². The van der Waals surface area contributed by atoms with Crippen LogP contribution < -0.4 is 4.74 Å². The molecule has 0 aliphatic heterocycles. The van der Waals surface area contributed by atoms with E-state index < -0.39 is 0 Å². The van der Waals surface area contributed by atoms with Crippen LogP contribution in [0.4, 0.5) is 4.39 Å². The summed E-state index contributed by atoms with van der Waals surface area (Å²) in [4.78, 5) is 0. The summed E-state index contributed by atoms with van der Waals surface area (Å²) in [5.41, 5.74) is 1.87. The Morgan fingerprint density at radius 3 is 2.45 bits per heavy atom. The van der Waals surface area contributed by atoms with Gasteiger partial charge in [0.2, 0.25) is 0 Å². The number of aliphatic hydroxyl groups is 1. The van der Waals surface area contributed by atoms with Gasteiger partial charge in [0.15, 0.2) is 11.6 Å². The molecule has 0 saturated heterocycles. The second kappa shape index (κ2) is 6.86. The molecule has 2 aromatic rings. The number of hydrogen-bond acceptors (Lipinski definition) is 2. The van der Waals surface area contributed by atoms with E-state index in [0.29, 0.717) is 6.42 Å². The first-order valence-corrected chi connectivity index (χ1v) is 7.12. The lowest BCUT2D eigenvalue weighted by atomic mass is 9.92. The Kier molecular flexibility index (Phi) is 5.15. The third-order valence-electron chi connectivity index (χ3n) is 3.26. The zero-order valence-corrected chi connectivity index (χ0v) is 12.7. The minimum atomic E-state index is -0.377. The molecule has 1 unspecified atom stereocenters. The molecule has 0 aliphatic rings. The van der Waals surface area contributed by atoms with Crippen molar-refractivity contribution in [2.24, 2.45) is 0 Å². The highest BCUT2D eigenvalue weighted by molar-refractivity contribution is 9.10. The SMILES string of the molecule is COc1ccc(CC(CO)c2ccc(Br)cc2)cc1F. The molecule has 20 heavy (non-hydrogen) atoms. The van der Waals surface area contributed by atoms with Gasteiger partial charge >= 0.3 is 0 Å². The van der Waals surface area contributed by atoms with E-state index in [4.69, 9.17) is 4.74 Å². The van der Waals surface area contributed by atoms with Gasteiger partial charge in [-0.1, -0.05) is 34.1 Å². The highest BCUT2D eigenvalue weighted by Crippen LogP contribution is 2.25. The van der Waals surface area contributed by atoms with E-state index in [1.807, 2.05) is 30.3 Å². The molecule has 0 radical (unpaired) electrons. The van der Waals surface area contributed by atoms with E-state index in [-0.39, 0.29) is 24.1 Å². The quantitative estimate of drug-likeness (QED) is 0.895. The molecule has 0 fully saturated rings. The number of ether oxygens (including phenoxy) is 1. The Morgan fingerprint density at radius 2 is 1.90 bits per heavy atom. The van der Waals surface area contributed by atoms with Gasteiger partial charge < -0.3 is 9.84 Å². The molecule has 1 N–H and O–H groups in total. The second-order valence-electron chi connectivity index (χ2n) is 4.60. The molecule has 2 rings (SSSR count). The van der Waals surface area contributed by atoms with E-state index in [0.717, 1.165) is 15.6 Å². The highest BCUT2D eigenvalue weighted by atomic mass is 79.9. The summed E-state index contributed by atoms with van der Waals surface area (Å²) in [6.45, 7) is 0.0231. The van der Waals surface area contributed by atoms with Crippen LogP contribution in [0.25, 0.3) is 0 Å². The molecule has 0 bridgehead atoms. The van der Waals surface area contributed by atoms with Gasteiger partial charge in [0.25, 0.3) is 0 Å². The summed E-state index contributed by atoms with van der Waals surface area (Å²) in [7, 11) is 1.44. The maximum absolute atomic E-state index is 13.7. The van der Waals surface area contributed by atoms with E-state index >= 15 is 0 Å². The largest absolute Gasteiger partial charge is 0.494 e. The molecule has 2 aromatic carbocycles. The lowest BCUT2D eigenvalue weighted by molar-refractivity contribution is 0.264. The summed E-state index contributed by atoms with van der Waals surface area (Å²) < 4.78 is 19.6. The fraction of sp³-hybridized carbons (Fsp3) is 0.250. The number of halogens is 2. The Hall–Kier alpha value is -1.39. The maximum atomic E-state index is 13.7. The molecule has 0 amide bonds. The standard InChI is InChI=1S/C16H16BrFO2/c1-20-16-7-2-11(9-15(16)18)8-13(10-19)12-3-5-14(17)6-4-12/h2-7,9,13,19H,8,10H2,1H3. The van der Waals surface area contributed by atoms with Crippen molar-refractivity contribution < 1.29 is 14.2 Å². The van der Waals surface area contributed by atoms with Crippen molar-refractivity contribution >= 4 is 15.9 Å². The molecule has 4 heteroatoms. The van der Waals surface area contributed by atoms with E-state index in [9.17, 15) is 9.50 Å². The lowest BCUT2D eigenvalue weighted by Gasteiger charge is -2.15. The van der Waals surface area contributed by atoms with Crippen molar-refractivity contribution in [1.82, 2.24) is 0 Å². The molecule has 0 aromatic heterocycles. The summed E-state index contributed by atoms with van der Waals surface area (Å²) in [5, 5.41) is 9.55. The van der Waals surface area contributed by atoms with Crippen LogP contribution in [0.1, 0.15) is 17.0 Å². The zero-order valence-electron chi connectivity index (χ0n) is 11.1. The minimum absolute atomic E-state index is 0.0231. The Balaban J connectivity index is 2.17. The molecule has 2 nitrogen and oxygen atoms in total. The fourth-order valence-electron chi connectivity index (χ4n) is 2.14. The number of methoxy groups -OCH3 is 1. The van der Waals surface area contributed by atoms with Gasteiger partial charge in [-0.25, -0.2) is 4.39 Å². The third-order valence-corrected chi connectivity index (χ3v) is 3.79. The summed E-state index contributed by atoms with van der Waals surface area (Å²) in [6, 6.07) is 12.7. The van der Waals surface area contributed by atoms with Crippen LogP contribution in [-0.2, 0) is 6.42 Å². The Bertz CT molecular complexity index is 569. The summed E-state index contributed by atoms with van der Waals surface area (Å²) in [6.07, 6.45) is 0.582. The van der Waals surface area contributed by atoms with Crippen LogP contribution in [0.15, 0.2) is 46.9 Å². The Morgan fingerprint density at radius 1 is 1.20 bits per heavy atom. The van der Waals surface area contributed by atoms with Crippen molar-refractivity contribution in [3.05, 3.63) is 63.9 Å². The molecule has 106 valence electrons. The summed E-state index contributed by atoms with van der Waals surface area (Å²) in [5.74, 6) is -0.189. The number of aliphatic hydroxyl groups excluding tert-OH is 1. The third kappa shape index (κ3) is 3.58. The van der Waals surface area contributed by atoms with Gasteiger partial charge in [-0.3, -0.25) is 0 Å².